The van der Waals surface area contributed by atoms with E-state index in [2.05, 4.69) is 73.7 Å². The van der Waals surface area contributed by atoms with Gasteiger partial charge in [-0.1, -0.05) is 12.1 Å². The summed E-state index contributed by atoms with van der Waals surface area (Å²) in [5.74, 6) is 0. The molecule has 0 saturated carbocycles. The monoisotopic (exact) mass is 385 g/mol. The van der Waals surface area contributed by atoms with Gasteiger partial charge < -0.3 is 19.1 Å². The van der Waals surface area contributed by atoms with Crippen LogP contribution in [0.2, 0.25) is 0 Å². The summed E-state index contributed by atoms with van der Waals surface area (Å²) in [5, 5.41) is 0. The molecule has 5 nitrogen and oxygen atoms in total. The minimum absolute atomic E-state index is 0.277. The summed E-state index contributed by atoms with van der Waals surface area (Å²) in [7, 11) is 1.96. The van der Waals surface area contributed by atoms with E-state index in [9.17, 15) is 0 Å². The normalized spacial score (nSPS) is 26.8. The van der Waals surface area contributed by atoms with Gasteiger partial charge in [-0.2, -0.15) is 0 Å². The van der Waals surface area contributed by atoms with Gasteiger partial charge in [-0.15, -0.1) is 0 Å². The molecule has 0 spiro atoms. The van der Waals surface area contributed by atoms with E-state index in [0.29, 0.717) is 0 Å². The zero-order valence-corrected chi connectivity index (χ0v) is 18.3. The standard InChI is InChI=1S/C22H36BN3O2/c1-21(2)22(3,4)28-23(27-21)18-6-8-19(9-7-18)25-14-16-26(17-15-25)20-10-12-24(5)13-11-20/h6-9,20H,10-17H2,1-5H3. The number of anilines is 1. The highest BCUT2D eigenvalue weighted by molar-refractivity contribution is 6.62. The largest absolute Gasteiger partial charge is 0.494 e. The Labute approximate surface area is 171 Å². The van der Waals surface area contributed by atoms with E-state index in [1.165, 1.54) is 44.7 Å². The van der Waals surface area contributed by atoms with Crippen LogP contribution in [0.3, 0.4) is 0 Å². The summed E-state index contributed by atoms with van der Waals surface area (Å²) < 4.78 is 12.4. The molecule has 0 bridgehead atoms. The predicted octanol–water partition coefficient (Wildman–Crippen LogP) is 2.20. The van der Waals surface area contributed by atoms with Crippen LogP contribution in [-0.2, 0) is 9.31 Å². The highest BCUT2D eigenvalue weighted by Crippen LogP contribution is 2.36. The maximum absolute atomic E-state index is 6.18. The second-order valence-electron chi connectivity index (χ2n) is 9.74. The van der Waals surface area contributed by atoms with E-state index in [4.69, 9.17) is 9.31 Å². The second kappa shape index (κ2) is 7.64. The van der Waals surface area contributed by atoms with Crippen molar-refractivity contribution >= 4 is 18.3 Å². The molecule has 3 heterocycles. The highest BCUT2D eigenvalue weighted by Gasteiger charge is 2.51. The predicted molar refractivity (Wildman–Crippen MR) is 116 cm³/mol. The van der Waals surface area contributed by atoms with Gasteiger partial charge in [-0.25, -0.2) is 0 Å². The fourth-order valence-electron chi connectivity index (χ4n) is 4.53. The van der Waals surface area contributed by atoms with Crippen LogP contribution in [0.25, 0.3) is 0 Å². The van der Waals surface area contributed by atoms with Crippen molar-refractivity contribution < 1.29 is 9.31 Å². The van der Waals surface area contributed by atoms with Crippen LogP contribution in [0.15, 0.2) is 24.3 Å². The number of hydrogen-bond acceptors (Lipinski definition) is 5. The third-order valence-corrected chi connectivity index (χ3v) is 7.30. The van der Waals surface area contributed by atoms with Crippen molar-refractivity contribution in [2.45, 2.75) is 57.8 Å². The molecular weight excluding hydrogens is 349 g/mol. The molecule has 3 fully saturated rings. The molecule has 0 radical (unpaired) electrons. The SMILES string of the molecule is CN1CCC(N2CCN(c3ccc(B4OC(C)(C)C(C)(C)O4)cc3)CC2)CC1. The van der Waals surface area contributed by atoms with E-state index >= 15 is 0 Å². The first-order valence-electron chi connectivity index (χ1n) is 10.9. The lowest BCUT2D eigenvalue weighted by atomic mass is 9.79. The summed E-state index contributed by atoms with van der Waals surface area (Å²) in [4.78, 5) is 7.68. The van der Waals surface area contributed by atoms with Crippen LogP contribution in [-0.4, -0.2) is 80.5 Å². The van der Waals surface area contributed by atoms with Gasteiger partial charge in [0.2, 0.25) is 0 Å². The Hall–Kier alpha value is -1.08. The number of nitrogens with zero attached hydrogens (tertiary/aromatic N) is 3. The van der Waals surface area contributed by atoms with Gasteiger partial charge in [0.25, 0.3) is 0 Å². The van der Waals surface area contributed by atoms with Gasteiger partial charge in [-0.3, -0.25) is 4.90 Å². The molecule has 0 aromatic heterocycles. The minimum Gasteiger partial charge on any atom is -0.399 e. The highest BCUT2D eigenvalue weighted by atomic mass is 16.7. The number of benzene rings is 1. The lowest BCUT2D eigenvalue weighted by Gasteiger charge is -2.42. The van der Waals surface area contributed by atoms with Gasteiger partial charge in [0.1, 0.15) is 0 Å². The third-order valence-electron chi connectivity index (χ3n) is 7.30. The molecule has 3 saturated heterocycles. The molecule has 6 heteroatoms. The van der Waals surface area contributed by atoms with Gasteiger partial charge in [0, 0.05) is 37.9 Å². The number of piperidine rings is 1. The second-order valence-corrected chi connectivity index (χ2v) is 9.74. The lowest BCUT2D eigenvalue weighted by Crippen LogP contribution is -2.53. The average Bonchev–Trinajstić information content (AvgIpc) is 2.90. The Bertz CT molecular complexity index is 647. The molecule has 28 heavy (non-hydrogen) atoms. The van der Waals surface area contributed by atoms with Crippen molar-refractivity contribution in [3.05, 3.63) is 24.3 Å². The van der Waals surface area contributed by atoms with Gasteiger partial charge in [0.15, 0.2) is 0 Å². The van der Waals surface area contributed by atoms with Crippen LogP contribution < -0.4 is 10.4 Å². The van der Waals surface area contributed by atoms with Crippen LogP contribution in [0.5, 0.6) is 0 Å². The average molecular weight is 385 g/mol. The molecule has 0 N–H and O–H groups in total. The zero-order valence-electron chi connectivity index (χ0n) is 18.3. The van der Waals surface area contributed by atoms with Gasteiger partial charge >= 0.3 is 7.12 Å². The number of rotatable bonds is 3. The lowest BCUT2D eigenvalue weighted by molar-refractivity contribution is 0.00578. The van der Waals surface area contributed by atoms with E-state index < -0.39 is 0 Å². The summed E-state index contributed by atoms with van der Waals surface area (Å²) in [6.45, 7) is 15.5. The maximum Gasteiger partial charge on any atom is 0.494 e. The maximum atomic E-state index is 6.18. The van der Waals surface area contributed by atoms with Crippen molar-refractivity contribution in [1.82, 2.24) is 9.80 Å². The Morgan fingerprint density at radius 3 is 1.89 bits per heavy atom. The molecule has 0 amide bonds. The van der Waals surface area contributed by atoms with Crippen molar-refractivity contribution in [2.24, 2.45) is 0 Å². The molecule has 3 aliphatic rings. The topological polar surface area (TPSA) is 28.2 Å². The molecule has 4 rings (SSSR count). The smallest absolute Gasteiger partial charge is 0.399 e. The molecule has 0 atom stereocenters. The number of hydrogen-bond donors (Lipinski definition) is 0. The first-order chi connectivity index (χ1) is 13.2. The summed E-state index contributed by atoms with van der Waals surface area (Å²) in [5.41, 5.74) is 1.83. The number of piperazine rings is 1. The van der Waals surface area contributed by atoms with Crippen molar-refractivity contribution in [3.63, 3.8) is 0 Å². The Morgan fingerprint density at radius 1 is 0.821 bits per heavy atom. The molecule has 1 aromatic rings. The molecule has 0 unspecified atom stereocenters. The summed E-state index contributed by atoms with van der Waals surface area (Å²) >= 11 is 0. The molecular formula is C22H36BN3O2. The van der Waals surface area contributed by atoms with Crippen LogP contribution >= 0.6 is 0 Å². The molecule has 0 aliphatic carbocycles. The van der Waals surface area contributed by atoms with E-state index in [-0.39, 0.29) is 18.3 Å². The zero-order chi connectivity index (χ0) is 19.9. The van der Waals surface area contributed by atoms with Crippen molar-refractivity contribution in [2.75, 3.05) is 51.2 Å². The molecule has 3 aliphatic heterocycles. The molecule has 154 valence electrons. The van der Waals surface area contributed by atoms with Crippen LogP contribution in [0.1, 0.15) is 40.5 Å². The Balaban J connectivity index is 1.33. The van der Waals surface area contributed by atoms with E-state index in [1.807, 2.05) is 0 Å². The summed E-state index contributed by atoms with van der Waals surface area (Å²) in [6, 6.07) is 9.57. The summed E-state index contributed by atoms with van der Waals surface area (Å²) in [6.07, 6.45) is 2.64. The third kappa shape index (κ3) is 3.97. The first kappa shape index (κ1) is 20.2. The van der Waals surface area contributed by atoms with Crippen molar-refractivity contribution in [3.8, 4) is 0 Å². The van der Waals surface area contributed by atoms with Crippen molar-refractivity contribution in [1.29, 1.82) is 0 Å². The fraction of sp³-hybridized carbons (Fsp3) is 0.727. The van der Waals surface area contributed by atoms with Crippen LogP contribution in [0.4, 0.5) is 5.69 Å². The van der Waals surface area contributed by atoms with Crippen LogP contribution in [0, 0.1) is 0 Å². The fourth-order valence-corrected chi connectivity index (χ4v) is 4.53. The van der Waals surface area contributed by atoms with Gasteiger partial charge in [-0.05, 0) is 78.3 Å². The van der Waals surface area contributed by atoms with E-state index in [0.717, 1.165) is 24.6 Å². The Morgan fingerprint density at radius 2 is 1.36 bits per heavy atom. The molecule has 1 aromatic carbocycles. The minimum atomic E-state index is -0.291. The number of likely N-dealkylation sites (tertiary alicyclic amines) is 1. The first-order valence-corrected chi connectivity index (χ1v) is 10.9. The van der Waals surface area contributed by atoms with E-state index in [1.54, 1.807) is 0 Å². The Kier molecular flexibility index (Phi) is 5.51. The van der Waals surface area contributed by atoms with Gasteiger partial charge in [0.05, 0.1) is 11.2 Å². The quantitative estimate of drug-likeness (QED) is 0.744.